The summed E-state index contributed by atoms with van der Waals surface area (Å²) in [5, 5.41) is 12.0. The first-order valence-corrected chi connectivity index (χ1v) is 8.28. The maximum Gasteiger partial charge on any atom is 0.357 e. The van der Waals surface area contributed by atoms with Gasteiger partial charge in [-0.25, -0.2) is 14.0 Å². The molecule has 0 aliphatic heterocycles. The Hall–Kier alpha value is -1.16. The Morgan fingerprint density at radius 3 is 2.76 bits per heavy atom. The summed E-state index contributed by atoms with van der Waals surface area (Å²) in [6.45, 7) is 5.57. The zero-order valence-corrected chi connectivity index (χ0v) is 13.6. The first kappa shape index (κ1) is 17.9. The summed E-state index contributed by atoms with van der Waals surface area (Å²) in [7, 11) is 0. The van der Waals surface area contributed by atoms with Crippen LogP contribution in [0.4, 0.5) is 0 Å². The Bertz CT molecular complexity index is 542. The fourth-order valence-corrected chi connectivity index (χ4v) is 2.76. The Balaban J connectivity index is 2.81. The number of hydrogen-bond donors (Lipinski definition) is 2. The number of thiazole rings is 1. The van der Waals surface area contributed by atoms with Crippen LogP contribution in [0.15, 0.2) is 9.78 Å². The van der Waals surface area contributed by atoms with Crippen LogP contribution in [-0.2, 0) is 16.0 Å². The van der Waals surface area contributed by atoms with Crippen molar-refractivity contribution in [1.29, 1.82) is 0 Å². The second-order valence-electron chi connectivity index (χ2n) is 4.48. The normalized spacial score (nSPS) is 15.0. The molecule has 21 heavy (non-hydrogen) atoms. The molecule has 118 valence electrons. The third kappa shape index (κ3) is 5.62. The van der Waals surface area contributed by atoms with Gasteiger partial charge in [-0.05, 0) is 12.8 Å². The van der Waals surface area contributed by atoms with Gasteiger partial charge < -0.3 is 9.84 Å². The number of hydrogen-bond acceptors (Lipinski definition) is 6. The second-order valence-corrected chi connectivity index (χ2v) is 6.01. The Morgan fingerprint density at radius 2 is 2.24 bits per heavy atom. The van der Waals surface area contributed by atoms with E-state index in [0.717, 1.165) is 11.3 Å². The van der Waals surface area contributed by atoms with E-state index in [4.69, 9.17) is 9.29 Å². The first-order valence-electron chi connectivity index (χ1n) is 6.34. The van der Waals surface area contributed by atoms with Crippen molar-refractivity contribution in [3.05, 3.63) is 16.1 Å². The summed E-state index contributed by atoms with van der Waals surface area (Å²) in [5.74, 6) is -0.623. The standard InChI is InChI=1S/C12H18N2O5S2/c1-4-19-12(16)9-6-20-11(13-9)10(15)5-8(7(2)3)14-21(17)18/h6-7,10,15H,4-5H2,1-3H3,(H,17,18)/b14-8+/t10-/m1/s1. The summed E-state index contributed by atoms with van der Waals surface area (Å²) in [6.07, 6.45) is -0.900. The van der Waals surface area contributed by atoms with Crippen molar-refractivity contribution in [3.8, 4) is 0 Å². The molecule has 0 spiro atoms. The summed E-state index contributed by atoms with van der Waals surface area (Å²) in [4.78, 5) is 15.5. The highest BCUT2D eigenvalue weighted by atomic mass is 32.2. The van der Waals surface area contributed by atoms with Crippen molar-refractivity contribution in [3.63, 3.8) is 0 Å². The molecule has 0 fully saturated rings. The molecule has 0 aliphatic rings. The first-order chi connectivity index (χ1) is 9.85. The van der Waals surface area contributed by atoms with Crippen LogP contribution in [0.25, 0.3) is 0 Å². The number of carbonyl (C=O) groups excluding carboxylic acids is 1. The molecule has 0 amide bonds. The van der Waals surface area contributed by atoms with Crippen molar-refractivity contribution in [1.82, 2.24) is 4.98 Å². The van der Waals surface area contributed by atoms with Crippen molar-refractivity contribution < 1.29 is 23.4 Å². The van der Waals surface area contributed by atoms with Gasteiger partial charge in [0.05, 0.1) is 6.61 Å². The topological polar surface area (TPSA) is 109 Å². The molecule has 1 unspecified atom stereocenters. The average Bonchev–Trinajstić information content (AvgIpc) is 2.87. The van der Waals surface area contributed by atoms with Gasteiger partial charge in [0, 0.05) is 17.5 Å². The van der Waals surface area contributed by atoms with E-state index in [9.17, 15) is 14.1 Å². The van der Waals surface area contributed by atoms with E-state index in [1.165, 1.54) is 5.38 Å². The van der Waals surface area contributed by atoms with Gasteiger partial charge in [-0.1, -0.05) is 13.8 Å². The SMILES string of the molecule is CCOC(=O)c1csc([C@H](O)C/C(=N\S(=O)O)C(C)C)n1. The summed E-state index contributed by atoms with van der Waals surface area (Å²) >= 11 is -1.18. The number of nitrogens with zero attached hydrogens (tertiary/aromatic N) is 2. The number of aliphatic hydroxyl groups excluding tert-OH is 1. The lowest BCUT2D eigenvalue weighted by Crippen LogP contribution is -2.14. The molecule has 1 aromatic rings. The maximum absolute atomic E-state index is 11.5. The number of carbonyl (C=O) groups is 1. The lowest BCUT2D eigenvalue weighted by atomic mass is 10.0. The molecule has 0 bridgehead atoms. The van der Waals surface area contributed by atoms with Crippen LogP contribution in [0.5, 0.6) is 0 Å². The van der Waals surface area contributed by atoms with Crippen LogP contribution in [-0.4, -0.2) is 37.1 Å². The smallest absolute Gasteiger partial charge is 0.357 e. The van der Waals surface area contributed by atoms with Crippen molar-refractivity contribution in [2.75, 3.05) is 6.61 Å². The van der Waals surface area contributed by atoms with E-state index < -0.39 is 23.3 Å². The molecular weight excluding hydrogens is 316 g/mol. The largest absolute Gasteiger partial charge is 0.461 e. The molecule has 9 heteroatoms. The van der Waals surface area contributed by atoms with Crippen molar-refractivity contribution >= 4 is 34.3 Å². The zero-order valence-electron chi connectivity index (χ0n) is 12.0. The maximum atomic E-state index is 11.5. The fraction of sp³-hybridized carbons (Fsp3) is 0.583. The molecule has 1 rings (SSSR count). The Labute approximate surface area is 129 Å². The van der Waals surface area contributed by atoms with Gasteiger partial charge in [0.25, 0.3) is 11.3 Å². The van der Waals surface area contributed by atoms with E-state index in [2.05, 4.69) is 9.38 Å². The lowest BCUT2D eigenvalue weighted by molar-refractivity contribution is 0.0519. The number of ether oxygens (including phenoxy) is 1. The molecule has 1 aromatic heterocycles. The molecule has 1 heterocycles. The zero-order chi connectivity index (χ0) is 16.0. The quantitative estimate of drug-likeness (QED) is 0.448. The summed E-state index contributed by atoms with van der Waals surface area (Å²) in [5.41, 5.74) is 0.556. The van der Waals surface area contributed by atoms with Crippen LogP contribution < -0.4 is 0 Å². The molecule has 0 saturated carbocycles. The Kier molecular flexibility index (Phi) is 7.09. The second kappa shape index (κ2) is 8.32. The highest BCUT2D eigenvalue weighted by molar-refractivity contribution is 7.78. The van der Waals surface area contributed by atoms with Gasteiger partial charge in [-0.15, -0.1) is 11.3 Å². The van der Waals surface area contributed by atoms with Gasteiger partial charge >= 0.3 is 5.97 Å². The Morgan fingerprint density at radius 1 is 1.57 bits per heavy atom. The number of aliphatic hydroxyl groups is 1. The van der Waals surface area contributed by atoms with E-state index in [0.29, 0.717) is 10.7 Å². The van der Waals surface area contributed by atoms with E-state index in [1.54, 1.807) is 6.92 Å². The van der Waals surface area contributed by atoms with Gasteiger partial charge in [-0.2, -0.15) is 4.40 Å². The predicted octanol–water partition coefficient (Wildman–Crippen LogP) is 1.98. The van der Waals surface area contributed by atoms with Crippen LogP contribution in [0.1, 0.15) is 48.8 Å². The number of aromatic nitrogens is 1. The summed E-state index contributed by atoms with van der Waals surface area (Å²) in [6, 6.07) is 0. The molecule has 7 nitrogen and oxygen atoms in total. The monoisotopic (exact) mass is 334 g/mol. The molecule has 2 N–H and O–H groups in total. The number of rotatable bonds is 7. The third-order valence-electron chi connectivity index (χ3n) is 2.56. The average molecular weight is 334 g/mol. The summed E-state index contributed by atoms with van der Waals surface area (Å²) < 4.78 is 28.0. The highest BCUT2D eigenvalue weighted by Gasteiger charge is 2.20. The minimum absolute atomic E-state index is 0.0831. The van der Waals surface area contributed by atoms with Crippen LogP contribution in [0.2, 0.25) is 0 Å². The van der Waals surface area contributed by atoms with E-state index in [-0.39, 0.29) is 24.6 Å². The lowest BCUT2D eigenvalue weighted by Gasteiger charge is -2.12. The van der Waals surface area contributed by atoms with Crippen molar-refractivity contribution in [2.45, 2.75) is 33.3 Å². The van der Waals surface area contributed by atoms with Gasteiger partial charge in [-0.3, -0.25) is 4.55 Å². The molecule has 2 atom stereocenters. The molecule has 0 aliphatic carbocycles. The molecular formula is C12H18N2O5S2. The molecule has 0 saturated heterocycles. The highest BCUT2D eigenvalue weighted by Crippen LogP contribution is 2.23. The third-order valence-corrected chi connectivity index (χ3v) is 3.89. The van der Waals surface area contributed by atoms with Crippen LogP contribution >= 0.6 is 11.3 Å². The van der Waals surface area contributed by atoms with Gasteiger partial charge in [0.15, 0.2) is 5.69 Å². The van der Waals surface area contributed by atoms with Crippen LogP contribution in [0.3, 0.4) is 0 Å². The molecule has 0 aromatic carbocycles. The van der Waals surface area contributed by atoms with Crippen molar-refractivity contribution in [2.24, 2.45) is 10.3 Å². The number of esters is 1. The predicted molar refractivity (Wildman–Crippen MR) is 80.7 cm³/mol. The van der Waals surface area contributed by atoms with E-state index >= 15 is 0 Å². The van der Waals surface area contributed by atoms with Crippen LogP contribution in [0, 0.1) is 5.92 Å². The minimum atomic E-state index is -2.31. The van der Waals surface area contributed by atoms with E-state index in [1.807, 2.05) is 13.8 Å². The van der Waals surface area contributed by atoms with Gasteiger partial charge in [0.1, 0.15) is 11.1 Å². The fourth-order valence-electron chi connectivity index (χ4n) is 1.50. The molecule has 0 radical (unpaired) electrons. The minimum Gasteiger partial charge on any atom is -0.461 e. The van der Waals surface area contributed by atoms with Gasteiger partial charge in [0.2, 0.25) is 0 Å².